The maximum absolute atomic E-state index is 12.8. The highest BCUT2D eigenvalue weighted by Gasteiger charge is 2.77. The number of carbonyl (C=O) groups excluding carboxylic acids is 2. The van der Waals surface area contributed by atoms with Gasteiger partial charge in [0.15, 0.2) is 11.4 Å². The van der Waals surface area contributed by atoms with Crippen LogP contribution in [0.25, 0.3) is 0 Å². The van der Waals surface area contributed by atoms with Crippen LogP contribution < -0.4 is 0 Å². The van der Waals surface area contributed by atoms with Crippen LogP contribution in [0.1, 0.15) is 46.0 Å². The number of rotatable bonds is 3. The summed E-state index contributed by atoms with van der Waals surface area (Å²) in [5.41, 5.74) is 0.162. The molecule has 21 heavy (non-hydrogen) atoms. The van der Waals surface area contributed by atoms with Crippen molar-refractivity contribution in [3.05, 3.63) is 24.0 Å². The van der Waals surface area contributed by atoms with E-state index in [-0.39, 0.29) is 29.0 Å². The highest BCUT2D eigenvalue weighted by atomic mass is 16.5. The molecule has 0 aromatic carbocycles. The Morgan fingerprint density at radius 3 is 2.90 bits per heavy atom. The molecule has 2 spiro atoms. The van der Waals surface area contributed by atoms with Crippen molar-refractivity contribution in [3.63, 3.8) is 0 Å². The molecule has 3 heteroatoms. The second-order valence-electron chi connectivity index (χ2n) is 7.13. The first-order valence-corrected chi connectivity index (χ1v) is 8.20. The van der Waals surface area contributed by atoms with Crippen LogP contribution in [0.4, 0.5) is 0 Å². The summed E-state index contributed by atoms with van der Waals surface area (Å²) in [4.78, 5) is 25.2. The number of hydrogen-bond donors (Lipinski definition) is 0. The van der Waals surface area contributed by atoms with Crippen molar-refractivity contribution < 1.29 is 14.3 Å². The summed E-state index contributed by atoms with van der Waals surface area (Å²) in [5.74, 6) is 0.623. The monoisotopic (exact) mass is 286 g/mol. The van der Waals surface area contributed by atoms with Gasteiger partial charge >= 0.3 is 0 Å². The first kappa shape index (κ1) is 13.3. The smallest absolute Gasteiger partial charge is 0.186 e. The number of ether oxygens (including phenoxy) is 1. The largest absolute Gasteiger partial charge is 0.485 e. The fraction of sp³-hybridized carbons (Fsp3) is 0.667. The summed E-state index contributed by atoms with van der Waals surface area (Å²) < 4.78 is 6.00. The van der Waals surface area contributed by atoms with Crippen LogP contribution in [0.3, 0.4) is 0 Å². The minimum Gasteiger partial charge on any atom is -0.485 e. The highest BCUT2D eigenvalue weighted by molar-refractivity contribution is 6.00. The molecule has 0 saturated heterocycles. The molecule has 0 N–H and O–H groups in total. The number of Topliss-reactive ketones (excluding diaryl/α,β-unsaturated/α-hetero) is 2. The molecular formula is C18H22O3. The van der Waals surface area contributed by atoms with E-state index < -0.39 is 5.60 Å². The van der Waals surface area contributed by atoms with E-state index in [0.717, 1.165) is 19.3 Å². The molecule has 3 aliphatic carbocycles. The molecule has 5 atom stereocenters. The highest BCUT2D eigenvalue weighted by Crippen LogP contribution is 2.70. The molecule has 0 radical (unpaired) electrons. The van der Waals surface area contributed by atoms with Crippen molar-refractivity contribution in [2.45, 2.75) is 51.6 Å². The van der Waals surface area contributed by atoms with E-state index >= 15 is 0 Å². The van der Waals surface area contributed by atoms with Crippen LogP contribution in [-0.2, 0) is 14.3 Å². The number of carbonyl (C=O) groups is 2. The summed E-state index contributed by atoms with van der Waals surface area (Å²) in [5, 5.41) is 0. The van der Waals surface area contributed by atoms with Gasteiger partial charge in [-0.05, 0) is 24.8 Å². The van der Waals surface area contributed by atoms with Gasteiger partial charge in [-0.2, -0.15) is 0 Å². The lowest BCUT2D eigenvalue weighted by Gasteiger charge is -2.40. The van der Waals surface area contributed by atoms with E-state index in [4.69, 9.17) is 4.74 Å². The van der Waals surface area contributed by atoms with E-state index in [9.17, 15) is 9.59 Å². The standard InChI is InChI=1S/C18H22O3/c1-3-4-5-12-10-17-11(2)15(19)8-13(17)9-16(20)18(17)14(12)6-7-21-18/h6-7,10-11,13-14H,3-5,8-9H2,1-2H3/t11-,13-,14-,17-,18+/m1/s1. The fourth-order valence-corrected chi connectivity index (χ4v) is 5.48. The predicted molar refractivity (Wildman–Crippen MR) is 78.4 cm³/mol. The zero-order valence-corrected chi connectivity index (χ0v) is 12.7. The Hall–Kier alpha value is -1.38. The molecular weight excluding hydrogens is 264 g/mol. The molecule has 4 rings (SSSR count). The molecule has 1 heterocycles. The van der Waals surface area contributed by atoms with Crippen molar-refractivity contribution in [2.24, 2.45) is 23.2 Å². The van der Waals surface area contributed by atoms with Crippen molar-refractivity contribution in [1.82, 2.24) is 0 Å². The number of hydrogen-bond acceptors (Lipinski definition) is 3. The maximum atomic E-state index is 12.8. The van der Waals surface area contributed by atoms with Gasteiger partial charge in [0.05, 0.1) is 6.26 Å². The third-order valence-electron chi connectivity index (χ3n) is 6.42. The topological polar surface area (TPSA) is 43.4 Å². The fourth-order valence-electron chi connectivity index (χ4n) is 5.48. The first-order chi connectivity index (χ1) is 10.1. The zero-order chi connectivity index (χ0) is 14.8. The summed E-state index contributed by atoms with van der Waals surface area (Å²) in [6.45, 7) is 4.18. The number of ketones is 2. The van der Waals surface area contributed by atoms with Crippen LogP contribution in [0.15, 0.2) is 24.0 Å². The van der Waals surface area contributed by atoms with Crippen molar-refractivity contribution in [3.8, 4) is 0 Å². The quantitative estimate of drug-likeness (QED) is 0.748. The average Bonchev–Trinajstić information content (AvgIpc) is 3.11. The predicted octanol–water partition coefficient (Wildman–Crippen LogP) is 3.20. The van der Waals surface area contributed by atoms with Crippen LogP contribution in [0.5, 0.6) is 0 Å². The zero-order valence-electron chi connectivity index (χ0n) is 12.7. The van der Waals surface area contributed by atoms with Crippen molar-refractivity contribution in [1.29, 1.82) is 0 Å². The summed E-state index contributed by atoms with van der Waals surface area (Å²) >= 11 is 0. The van der Waals surface area contributed by atoms with Gasteiger partial charge in [-0.1, -0.05) is 31.9 Å². The second kappa shape index (κ2) is 4.08. The Bertz CT molecular complexity index is 587. The Morgan fingerprint density at radius 2 is 2.14 bits per heavy atom. The minimum atomic E-state index is -0.785. The van der Waals surface area contributed by atoms with E-state index in [1.165, 1.54) is 5.57 Å². The van der Waals surface area contributed by atoms with Gasteiger partial charge in [-0.3, -0.25) is 9.59 Å². The number of unbranched alkanes of at least 4 members (excludes halogenated alkanes) is 1. The third-order valence-corrected chi connectivity index (χ3v) is 6.42. The molecule has 0 bridgehead atoms. The lowest BCUT2D eigenvalue weighted by molar-refractivity contribution is -0.145. The van der Waals surface area contributed by atoms with Crippen molar-refractivity contribution in [2.75, 3.05) is 0 Å². The van der Waals surface area contributed by atoms with Crippen LogP contribution >= 0.6 is 0 Å². The van der Waals surface area contributed by atoms with E-state index in [1.54, 1.807) is 6.26 Å². The Balaban J connectivity index is 1.87. The molecule has 0 amide bonds. The SMILES string of the molecule is CCCCC1=C[C@]23[C@H](CC(=O)[C@H]2C)CC(=O)[C@]32OC=C[C@H]12. The van der Waals surface area contributed by atoms with Crippen LogP contribution in [0.2, 0.25) is 0 Å². The van der Waals surface area contributed by atoms with Gasteiger partial charge in [-0.15, -0.1) is 0 Å². The molecule has 1 aliphatic heterocycles. The van der Waals surface area contributed by atoms with Gasteiger partial charge in [0.1, 0.15) is 5.78 Å². The van der Waals surface area contributed by atoms with Crippen LogP contribution in [-0.4, -0.2) is 17.2 Å². The molecule has 4 aliphatic rings. The summed E-state index contributed by atoms with van der Waals surface area (Å²) in [6.07, 6.45) is 10.4. The lowest BCUT2D eigenvalue weighted by atomic mass is 9.66. The average molecular weight is 286 g/mol. The second-order valence-corrected chi connectivity index (χ2v) is 7.13. The molecule has 0 aromatic heterocycles. The molecule has 0 aromatic rings. The summed E-state index contributed by atoms with van der Waals surface area (Å²) in [6, 6.07) is 0. The molecule has 112 valence electrons. The molecule has 2 saturated carbocycles. The van der Waals surface area contributed by atoms with E-state index in [1.807, 2.05) is 13.0 Å². The molecule has 3 nitrogen and oxygen atoms in total. The first-order valence-electron chi connectivity index (χ1n) is 8.20. The Labute approximate surface area is 125 Å². The minimum absolute atomic E-state index is 0.0647. The maximum Gasteiger partial charge on any atom is 0.186 e. The summed E-state index contributed by atoms with van der Waals surface area (Å²) in [7, 11) is 0. The third kappa shape index (κ3) is 1.27. The molecule has 2 fully saturated rings. The van der Waals surface area contributed by atoms with Gasteiger partial charge in [0.2, 0.25) is 0 Å². The lowest BCUT2D eigenvalue weighted by Crippen LogP contribution is -2.52. The normalized spacial score (nSPS) is 46.4. The van der Waals surface area contributed by atoms with Gasteiger partial charge in [-0.25, -0.2) is 0 Å². The van der Waals surface area contributed by atoms with Crippen molar-refractivity contribution >= 4 is 11.6 Å². The van der Waals surface area contributed by atoms with Gasteiger partial charge < -0.3 is 4.74 Å². The van der Waals surface area contributed by atoms with Gasteiger partial charge in [0, 0.05) is 30.1 Å². The Morgan fingerprint density at radius 1 is 1.33 bits per heavy atom. The van der Waals surface area contributed by atoms with E-state index in [2.05, 4.69) is 13.0 Å². The molecule has 0 unspecified atom stereocenters. The van der Waals surface area contributed by atoms with Gasteiger partial charge in [0.25, 0.3) is 0 Å². The Kier molecular flexibility index (Phi) is 2.59. The van der Waals surface area contributed by atoms with Crippen LogP contribution in [0, 0.1) is 23.2 Å². The van der Waals surface area contributed by atoms with E-state index in [0.29, 0.717) is 18.6 Å².